The third kappa shape index (κ3) is 2.45. The summed E-state index contributed by atoms with van der Waals surface area (Å²) in [6, 6.07) is 11.5. The molecule has 0 spiro atoms. The van der Waals surface area contributed by atoms with Crippen LogP contribution >= 0.6 is 0 Å². The van der Waals surface area contributed by atoms with Crippen molar-refractivity contribution in [1.29, 1.82) is 0 Å². The zero-order chi connectivity index (χ0) is 12.3. The predicted molar refractivity (Wildman–Crippen MR) is 66.3 cm³/mol. The quantitative estimate of drug-likeness (QED) is 0.853. The van der Waals surface area contributed by atoms with E-state index < -0.39 is 0 Å². The molecule has 2 aromatic carbocycles. The Morgan fingerprint density at radius 2 is 1.82 bits per heavy atom. The first-order chi connectivity index (χ1) is 8.22. The highest BCUT2D eigenvalue weighted by Gasteiger charge is 2.09. The Labute approximate surface area is 99.5 Å². The van der Waals surface area contributed by atoms with Crippen LogP contribution in [-0.4, -0.2) is 11.7 Å². The minimum absolute atomic E-state index is 0.0795. The van der Waals surface area contributed by atoms with Crippen molar-refractivity contribution in [3.05, 3.63) is 53.8 Å². The van der Waals surface area contributed by atoms with Crippen molar-refractivity contribution < 1.29 is 9.50 Å². The molecule has 17 heavy (non-hydrogen) atoms. The third-order valence-electron chi connectivity index (χ3n) is 2.66. The van der Waals surface area contributed by atoms with Crippen LogP contribution in [0.2, 0.25) is 0 Å². The van der Waals surface area contributed by atoms with E-state index in [9.17, 15) is 9.50 Å². The number of halogens is 1. The van der Waals surface area contributed by atoms with Crippen molar-refractivity contribution in [2.45, 2.75) is 6.42 Å². The van der Waals surface area contributed by atoms with Gasteiger partial charge in [-0.2, -0.15) is 0 Å². The number of rotatable bonds is 3. The molecule has 2 aromatic rings. The van der Waals surface area contributed by atoms with E-state index in [1.165, 1.54) is 6.07 Å². The lowest BCUT2D eigenvalue weighted by molar-refractivity contribution is 0.476. The maximum absolute atomic E-state index is 13.6. The van der Waals surface area contributed by atoms with E-state index in [1.807, 2.05) is 0 Å². The highest BCUT2D eigenvalue weighted by Crippen LogP contribution is 2.31. The Morgan fingerprint density at radius 3 is 2.53 bits per heavy atom. The summed E-state index contributed by atoms with van der Waals surface area (Å²) in [5, 5.41) is 9.78. The molecule has 88 valence electrons. The summed E-state index contributed by atoms with van der Waals surface area (Å²) in [6.45, 7) is 0.529. The minimum atomic E-state index is -0.340. The van der Waals surface area contributed by atoms with Gasteiger partial charge in [-0.3, -0.25) is 0 Å². The number of hydrogen-bond donors (Lipinski definition) is 2. The Morgan fingerprint density at radius 1 is 1.06 bits per heavy atom. The van der Waals surface area contributed by atoms with Gasteiger partial charge >= 0.3 is 0 Å². The second-order valence-corrected chi connectivity index (χ2v) is 3.87. The van der Waals surface area contributed by atoms with Gasteiger partial charge in [-0.05, 0) is 36.7 Å². The second-order valence-electron chi connectivity index (χ2n) is 3.87. The van der Waals surface area contributed by atoms with Crippen molar-refractivity contribution >= 4 is 0 Å². The first-order valence-corrected chi connectivity index (χ1v) is 5.49. The van der Waals surface area contributed by atoms with E-state index in [-0.39, 0.29) is 11.6 Å². The molecule has 0 fully saturated rings. The molecule has 3 heteroatoms. The highest BCUT2D eigenvalue weighted by molar-refractivity contribution is 5.71. The molecule has 2 nitrogen and oxygen atoms in total. The molecule has 0 heterocycles. The molecule has 0 aromatic heterocycles. The molecular formula is C14H14FNO. The Balaban J connectivity index is 2.51. The van der Waals surface area contributed by atoms with Crippen molar-refractivity contribution in [3.8, 4) is 16.9 Å². The number of benzene rings is 2. The molecule has 0 saturated carbocycles. The molecule has 0 amide bonds. The van der Waals surface area contributed by atoms with Gasteiger partial charge in [0.1, 0.15) is 11.6 Å². The van der Waals surface area contributed by atoms with E-state index in [0.29, 0.717) is 24.1 Å². The molecule has 0 aliphatic rings. The summed E-state index contributed by atoms with van der Waals surface area (Å²) in [4.78, 5) is 0. The van der Waals surface area contributed by atoms with Gasteiger partial charge in [-0.15, -0.1) is 0 Å². The lowest BCUT2D eigenvalue weighted by Crippen LogP contribution is -2.02. The first kappa shape index (κ1) is 11.6. The highest BCUT2D eigenvalue weighted by atomic mass is 19.1. The molecule has 0 aliphatic heterocycles. The van der Waals surface area contributed by atoms with Crippen LogP contribution in [-0.2, 0) is 6.42 Å². The zero-order valence-electron chi connectivity index (χ0n) is 9.36. The molecule has 0 bridgehead atoms. The molecule has 0 atom stereocenters. The fourth-order valence-corrected chi connectivity index (χ4v) is 1.80. The van der Waals surface area contributed by atoms with Crippen molar-refractivity contribution in [2.75, 3.05) is 6.54 Å². The predicted octanol–water partition coefficient (Wildman–Crippen LogP) is 2.70. The lowest BCUT2D eigenvalue weighted by Gasteiger charge is -2.08. The normalized spacial score (nSPS) is 10.5. The fourth-order valence-electron chi connectivity index (χ4n) is 1.80. The summed E-state index contributed by atoms with van der Waals surface area (Å²) < 4.78 is 13.6. The number of phenols is 1. The maximum Gasteiger partial charge on any atom is 0.131 e. The van der Waals surface area contributed by atoms with E-state index in [2.05, 4.69) is 0 Å². The van der Waals surface area contributed by atoms with Crippen LogP contribution in [0.3, 0.4) is 0 Å². The fraction of sp³-hybridized carbons (Fsp3) is 0.143. The van der Waals surface area contributed by atoms with Gasteiger partial charge in [0.2, 0.25) is 0 Å². The topological polar surface area (TPSA) is 46.2 Å². The summed E-state index contributed by atoms with van der Waals surface area (Å²) in [5.74, 6) is -0.261. The van der Waals surface area contributed by atoms with E-state index in [4.69, 9.17) is 5.73 Å². The molecule has 0 saturated heterocycles. The summed E-state index contributed by atoms with van der Waals surface area (Å²) >= 11 is 0. The Kier molecular flexibility index (Phi) is 3.40. The molecule has 0 aliphatic carbocycles. The molecule has 2 rings (SSSR count). The number of aromatic hydroxyl groups is 1. The standard InChI is InChI=1S/C14H14FNO/c15-13-4-2-1-3-11(13)12-9-10(7-8-16)5-6-14(12)17/h1-6,9,17H,7-8,16H2. The van der Waals surface area contributed by atoms with Gasteiger partial charge in [0.05, 0.1) is 0 Å². The Bertz CT molecular complexity index is 525. The van der Waals surface area contributed by atoms with E-state index >= 15 is 0 Å². The average molecular weight is 231 g/mol. The summed E-state index contributed by atoms with van der Waals surface area (Å²) in [6.07, 6.45) is 0.710. The number of phenolic OH excluding ortho intramolecular Hbond substituents is 1. The van der Waals surface area contributed by atoms with Gasteiger partial charge in [0, 0.05) is 11.1 Å². The largest absolute Gasteiger partial charge is 0.507 e. The maximum atomic E-state index is 13.6. The van der Waals surface area contributed by atoms with Gasteiger partial charge in [-0.25, -0.2) is 4.39 Å². The summed E-state index contributed by atoms with van der Waals surface area (Å²) in [5.41, 5.74) is 7.38. The molecule has 0 unspecified atom stereocenters. The Hall–Kier alpha value is -1.87. The van der Waals surface area contributed by atoms with Crippen LogP contribution < -0.4 is 5.73 Å². The van der Waals surface area contributed by atoms with Crippen molar-refractivity contribution in [2.24, 2.45) is 5.73 Å². The first-order valence-electron chi connectivity index (χ1n) is 5.49. The van der Waals surface area contributed by atoms with E-state index in [0.717, 1.165) is 5.56 Å². The molecule has 3 N–H and O–H groups in total. The minimum Gasteiger partial charge on any atom is -0.507 e. The molecular weight excluding hydrogens is 217 g/mol. The SMILES string of the molecule is NCCc1ccc(O)c(-c2ccccc2F)c1. The number of hydrogen-bond acceptors (Lipinski definition) is 2. The van der Waals surface area contributed by atoms with Crippen molar-refractivity contribution in [1.82, 2.24) is 0 Å². The van der Waals surface area contributed by atoms with Crippen LogP contribution in [0.25, 0.3) is 11.1 Å². The van der Waals surface area contributed by atoms with E-state index in [1.54, 1.807) is 36.4 Å². The zero-order valence-corrected chi connectivity index (χ0v) is 9.36. The van der Waals surface area contributed by atoms with Crippen LogP contribution in [0.5, 0.6) is 5.75 Å². The van der Waals surface area contributed by atoms with Crippen LogP contribution in [0, 0.1) is 5.82 Å². The summed E-state index contributed by atoms with van der Waals surface area (Å²) in [7, 11) is 0. The van der Waals surface area contributed by atoms with Gasteiger partial charge in [0.15, 0.2) is 0 Å². The van der Waals surface area contributed by atoms with Crippen LogP contribution in [0.15, 0.2) is 42.5 Å². The molecule has 0 radical (unpaired) electrons. The third-order valence-corrected chi connectivity index (χ3v) is 2.66. The van der Waals surface area contributed by atoms with Crippen molar-refractivity contribution in [3.63, 3.8) is 0 Å². The van der Waals surface area contributed by atoms with Crippen LogP contribution in [0.1, 0.15) is 5.56 Å². The second kappa shape index (κ2) is 4.97. The van der Waals surface area contributed by atoms with Crippen LogP contribution in [0.4, 0.5) is 4.39 Å². The smallest absolute Gasteiger partial charge is 0.131 e. The van der Waals surface area contributed by atoms with Gasteiger partial charge in [0.25, 0.3) is 0 Å². The lowest BCUT2D eigenvalue weighted by atomic mass is 10.0. The monoisotopic (exact) mass is 231 g/mol. The van der Waals surface area contributed by atoms with Gasteiger partial charge in [-0.1, -0.05) is 24.3 Å². The number of nitrogens with two attached hydrogens (primary N) is 1. The average Bonchev–Trinajstić information content (AvgIpc) is 2.33. The van der Waals surface area contributed by atoms with Gasteiger partial charge < -0.3 is 10.8 Å².